The molecule has 0 amide bonds. The van der Waals surface area contributed by atoms with Crippen LogP contribution in [0.2, 0.25) is 0 Å². The van der Waals surface area contributed by atoms with E-state index in [0.717, 1.165) is 17.2 Å². The minimum Gasteiger partial charge on any atom is -0.302 e. The monoisotopic (exact) mass is 273 g/mol. The second kappa shape index (κ2) is 5.07. The fourth-order valence-electron chi connectivity index (χ4n) is 2.08. The van der Waals surface area contributed by atoms with Crippen LogP contribution in [-0.2, 0) is 6.54 Å². The number of rotatable bonds is 4. The summed E-state index contributed by atoms with van der Waals surface area (Å²) in [6.07, 6.45) is 1.98. The van der Waals surface area contributed by atoms with Crippen LogP contribution in [0, 0.1) is 6.92 Å². The molecule has 0 radical (unpaired) electrons. The van der Waals surface area contributed by atoms with E-state index in [0.29, 0.717) is 6.54 Å². The largest absolute Gasteiger partial charge is 0.302 e. The molecule has 1 N–H and O–H groups in total. The fourth-order valence-corrected chi connectivity index (χ4v) is 2.91. The van der Waals surface area contributed by atoms with E-state index in [1.165, 1.54) is 4.88 Å². The van der Waals surface area contributed by atoms with Gasteiger partial charge in [-0.25, -0.2) is 4.98 Å². The molecule has 0 spiro atoms. The standard InChI is InChI=1S/C13H15N5S/c1-9(13-10(2)15-8-19-13)14-7-12-17-16-11-5-3-4-6-18(11)12/h3-6,8-9,14H,7H2,1-2H3. The Labute approximate surface area is 115 Å². The van der Waals surface area contributed by atoms with Crippen LogP contribution >= 0.6 is 11.3 Å². The molecule has 0 saturated carbocycles. The summed E-state index contributed by atoms with van der Waals surface area (Å²) in [5.41, 5.74) is 3.85. The van der Waals surface area contributed by atoms with Gasteiger partial charge in [0, 0.05) is 17.1 Å². The summed E-state index contributed by atoms with van der Waals surface area (Å²) in [4.78, 5) is 5.55. The Morgan fingerprint density at radius 1 is 1.37 bits per heavy atom. The molecule has 19 heavy (non-hydrogen) atoms. The molecule has 0 aliphatic rings. The molecular weight excluding hydrogens is 258 g/mol. The molecule has 3 heterocycles. The number of pyridine rings is 1. The fraction of sp³-hybridized carbons (Fsp3) is 0.308. The van der Waals surface area contributed by atoms with E-state index in [9.17, 15) is 0 Å². The average Bonchev–Trinajstić information content (AvgIpc) is 3.02. The number of thiazole rings is 1. The molecule has 6 heteroatoms. The molecule has 5 nitrogen and oxygen atoms in total. The van der Waals surface area contributed by atoms with Gasteiger partial charge in [0.15, 0.2) is 11.5 Å². The molecule has 3 aromatic rings. The van der Waals surface area contributed by atoms with Crippen LogP contribution < -0.4 is 5.32 Å². The highest BCUT2D eigenvalue weighted by molar-refractivity contribution is 7.09. The molecule has 0 bridgehead atoms. The van der Waals surface area contributed by atoms with E-state index in [1.807, 2.05) is 41.2 Å². The number of fused-ring (bicyclic) bond motifs is 1. The summed E-state index contributed by atoms with van der Waals surface area (Å²) in [5.74, 6) is 0.921. The number of nitrogens with one attached hydrogen (secondary N) is 1. The first-order valence-corrected chi connectivity index (χ1v) is 7.05. The van der Waals surface area contributed by atoms with Gasteiger partial charge in [-0.2, -0.15) is 0 Å². The molecule has 0 aliphatic heterocycles. The maximum Gasteiger partial charge on any atom is 0.160 e. The van der Waals surface area contributed by atoms with E-state index in [2.05, 4.69) is 27.4 Å². The Hall–Kier alpha value is -1.79. The SMILES string of the molecule is Cc1ncsc1C(C)NCc1nnc2ccccn12. The van der Waals surface area contributed by atoms with Crippen LogP contribution in [0.3, 0.4) is 0 Å². The molecular formula is C13H15N5S. The number of aromatic nitrogens is 4. The van der Waals surface area contributed by atoms with Crippen LogP contribution in [0.15, 0.2) is 29.9 Å². The predicted molar refractivity (Wildman–Crippen MR) is 75.1 cm³/mol. The van der Waals surface area contributed by atoms with Gasteiger partial charge in [-0.05, 0) is 26.0 Å². The van der Waals surface area contributed by atoms with Gasteiger partial charge in [0.05, 0.1) is 17.7 Å². The smallest absolute Gasteiger partial charge is 0.160 e. The minimum atomic E-state index is 0.267. The molecule has 0 fully saturated rings. The summed E-state index contributed by atoms with van der Waals surface area (Å²) in [6.45, 7) is 4.86. The number of nitrogens with zero attached hydrogens (tertiary/aromatic N) is 4. The van der Waals surface area contributed by atoms with Crippen LogP contribution in [0.4, 0.5) is 0 Å². The van der Waals surface area contributed by atoms with E-state index in [4.69, 9.17) is 0 Å². The Balaban J connectivity index is 1.74. The van der Waals surface area contributed by atoms with Crippen molar-refractivity contribution in [2.75, 3.05) is 0 Å². The van der Waals surface area contributed by atoms with Gasteiger partial charge < -0.3 is 5.32 Å². The van der Waals surface area contributed by atoms with Crippen LogP contribution in [0.1, 0.15) is 29.4 Å². The van der Waals surface area contributed by atoms with Crippen molar-refractivity contribution in [3.05, 3.63) is 46.3 Å². The lowest BCUT2D eigenvalue weighted by Gasteiger charge is -2.11. The lowest BCUT2D eigenvalue weighted by molar-refractivity contribution is 0.560. The van der Waals surface area contributed by atoms with Crippen LogP contribution in [0.25, 0.3) is 5.65 Å². The van der Waals surface area contributed by atoms with Crippen molar-refractivity contribution < 1.29 is 0 Å². The van der Waals surface area contributed by atoms with Crippen molar-refractivity contribution in [2.45, 2.75) is 26.4 Å². The molecule has 1 unspecified atom stereocenters. The van der Waals surface area contributed by atoms with E-state index < -0.39 is 0 Å². The first kappa shape index (κ1) is 12.3. The summed E-state index contributed by atoms with van der Waals surface area (Å²) in [6, 6.07) is 6.16. The summed E-state index contributed by atoms with van der Waals surface area (Å²) >= 11 is 1.68. The van der Waals surface area contributed by atoms with Crippen LogP contribution in [-0.4, -0.2) is 19.6 Å². The molecule has 0 saturated heterocycles. The molecule has 3 aromatic heterocycles. The van der Waals surface area contributed by atoms with Gasteiger partial charge in [0.2, 0.25) is 0 Å². The first-order valence-electron chi connectivity index (χ1n) is 6.17. The molecule has 1 atom stereocenters. The van der Waals surface area contributed by atoms with Crippen molar-refractivity contribution in [1.29, 1.82) is 0 Å². The topological polar surface area (TPSA) is 55.1 Å². The lowest BCUT2D eigenvalue weighted by atomic mass is 10.2. The Kier molecular flexibility index (Phi) is 3.27. The van der Waals surface area contributed by atoms with Crippen molar-refractivity contribution in [1.82, 2.24) is 24.9 Å². The molecule has 3 rings (SSSR count). The highest BCUT2D eigenvalue weighted by Gasteiger charge is 2.12. The zero-order chi connectivity index (χ0) is 13.2. The van der Waals surface area contributed by atoms with Gasteiger partial charge in [0.1, 0.15) is 0 Å². The Morgan fingerprint density at radius 3 is 3.05 bits per heavy atom. The van der Waals surface area contributed by atoms with Crippen molar-refractivity contribution in [2.24, 2.45) is 0 Å². The van der Waals surface area contributed by atoms with E-state index in [-0.39, 0.29) is 6.04 Å². The second-order valence-electron chi connectivity index (χ2n) is 4.45. The van der Waals surface area contributed by atoms with E-state index in [1.54, 1.807) is 11.3 Å². The average molecular weight is 273 g/mol. The normalized spacial score (nSPS) is 12.9. The Morgan fingerprint density at radius 2 is 2.26 bits per heavy atom. The molecule has 0 aliphatic carbocycles. The predicted octanol–water partition coefficient (Wildman–Crippen LogP) is 2.35. The maximum atomic E-state index is 4.28. The van der Waals surface area contributed by atoms with Crippen molar-refractivity contribution in [3.63, 3.8) is 0 Å². The second-order valence-corrected chi connectivity index (χ2v) is 5.34. The third-order valence-corrected chi connectivity index (χ3v) is 4.24. The lowest BCUT2D eigenvalue weighted by Crippen LogP contribution is -2.19. The van der Waals surface area contributed by atoms with Gasteiger partial charge in [0.25, 0.3) is 0 Å². The van der Waals surface area contributed by atoms with Crippen molar-refractivity contribution >= 4 is 17.0 Å². The summed E-state index contributed by atoms with van der Waals surface area (Å²) in [5, 5.41) is 11.8. The van der Waals surface area contributed by atoms with Gasteiger partial charge in [-0.15, -0.1) is 21.5 Å². The van der Waals surface area contributed by atoms with Gasteiger partial charge in [-0.1, -0.05) is 6.07 Å². The van der Waals surface area contributed by atoms with Crippen molar-refractivity contribution in [3.8, 4) is 0 Å². The highest BCUT2D eigenvalue weighted by atomic mass is 32.1. The zero-order valence-electron chi connectivity index (χ0n) is 10.9. The van der Waals surface area contributed by atoms with Crippen LogP contribution in [0.5, 0.6) is 0 Å². The highest BCUT2D eigenvalue weighted by Crippen LogP contribution is 2.21. The third kappa shape index (κ3) is 2.36. The quantitative estimate of drug-likeness (QED) is 0.792. The summed E-state index contributed by atoms with van der Waals surface area (Å²) in [7, 11) is 0. The maximum absolute atomic E-state index is 4.28. The Bertz CT molecular complexity index is 687. The minimum absolute atomic E-state index is 0.267. The molecule has 0 aromatic carbocycles. The van der Waals surface area contributed by atoms with E-state index >= 15 is 0 Å². The zero-order valence-corrected chi connectivity index (χ0v) is 11.7. The number of hydrogen-bond acceptors (Lipinski definition) is 5. The molecule has 98 valence electrons. The third-order valence-electron chi connectivity index (χ3n) is 3.13. The van der Waals surface area contributed by atoms with Gasteiger partial charge in [-0.3, -0.25) is 4.40 Å². The first-order chi connectivity index (χ1) is 9.25. The number of hydrogen-bond donors (Lipinski definition) is 1. The summed E-state index contributed by atoms with van der Waals surface area (Å²) < 4.78 is 2.00. The van der Waals surface area contributed by atoms with Gasteiger partial charge >= 0.3 is 0 Å². The number of aryl methyl sites for hydroxylation is 1.